The molecule has 1 heterocycles. The van der Waals surface area contributed by atoms with Crippen molar-refractivity contribution in [1.29, 1.82) is 0 Å². The highest BCUT2D eigenvalue weighted by Gasteiger charge is 2.29. The number of hydrogen-bond acceptors (Lipinski definition) is 3. The normalized spacial score (nSPS) is 16.1. The van der Waals surface area contributed by atoms with Crippen LogP contribution in [0.2, 0.25) is 0 Å². The van der Waals surface area contributed by atoms with Crippen LogP contribution in [-0.2, 0) is 10.0 Å². The zero-order valence-corrected chi connectivity index (χ0v) is 18.1. The molecule has 0 amide bonds. The fourth-order valence-electron chi connectivity index (χ4n) is 4.18. The number of likely N-dealkylation sites (tertiary alicyclic amines) is 1. The number of nitrogens with one attached hydrogen (secondary N) is 1. The minimum Gasteiger partial charge on any atom is -0.385 e. The SMILES string of the molecule is Cc1ccc(N(C[C@H](O)C[NH+]2CCCC2)S(=O)(=O)c2ccc3ccccc3c2)cc1. The Balaban J connectivity index is 1.68. The van der Waals surface area contributed by atoms with Crippen LogP contribution in [0.25, 0.3) is 10.8 Å². The molecule has 30 heavy (non-hydrogen) atoms. The van der Waals surface area contributed by atoms with Gasteiger partial charge in [0.15, 0.2) is 0 Å². The molecular formula is C24H29N2O3S+. The van der Waals surface area contributed by atoms with Gasteiger partial charge < -0.3 is 10.0 Å². The molecule has 0 bridgehead atoms. The smallest absolute Gasteiger partial charge is 0.264 e. The van der Waals surface area contributed by atoms with E-state index in [1.165, 1.54) is 22.0 Å². The molecule has 1 fully saturated rings. The van der Waals surface area contributed by atoms with Gasteiger partial charge in [0, 0.05) is 12.8 Å². The van der Waals surface area contributed by atoms with E-state index in [-0.39, 0.29) is 11.4 Å². The third kappa shape index (κ3) is 4.51. The fraction of sp³-hybridized carbons (Fsp3) is 0.333. The van der Waals surface area contributed by atoms with E-state index in [0.717, 1.165) is 29.4 Å². The molecule has 1 aliphatic rings. The van der Waals surface area contributed by atoms with Crippen LogP contribution in [0, 0.1) is 6.92 Å². The van der Waals surface area contributed by atoms with E-state index in [1.54, 1.807) is 12.1 Å². The van der Waals surface area contributed by atoms with Crippen molar-refractivity contribution < 1.29 is 18.4 Å². The van der Waals surface area contributed by atoms with Gasteiger partial charge in [-0.1, -0.05) is 48.0 Å². The number of nitrogens with zero attached hydrogens (tertiary/aromatic N) is 1. The Morgan fingerprint density at radius 3 is 2.33 bits per heavy atom. The molecule has 158 valence electrons. The van der Waals surface area contributed by atoms with E-state index in [9.17, 15) is 13.5 Å². The lowest BCUT2D eigenvalue weighted by Crippen LogP contribution is -3.11. The van der Waals surface area contributed by atoms with Crippen LogP contribution in [0.4, 0.5) is 5.69 Å². The van der Waals surface area contributed by atoms with Crippen molar-refractivity contribution in [3.63, 3.8) is 0 Å². The van der Waals surface area contributed by atoms with Crippen LogP contribution in [0.3, 0.4) is 0 Å². The number of aliphatic hydroxyl groups is 1. The number of quaternary nitrogens is 1. The molecule has 0 aromatic heterocycles. The lowest BCUT2D eigenvalue weighted by Gasteiger charge is -2.28. The molecular weight excluding hydrogens is 396 g/mol. The number of fused-ring (bicyclic) bond motifs is 1. The lowest BCUT2D eigenvalue weighted by atomic mass is 10.1. The number of hydrogen-bond donors (Lipinski definition) is 2. The van der Waals surface area contributed by atoms with Gasteiger partial charge in [-0.2, -0.15) is 0 Å². The molecule has 5 nitrogen and oxygen atoms in total. The first kappa shape index (κ1) is 20.8. The van der Waals surface area contributed by atoms with E-state index in [4.69, 9.17) is 0 Å². The highest BCUT2D eigenvalue weighted by Crippen LogP contribution is 2.27. The number of sulfonamides is 1. The maximum Gasteiger partial charge on any atom is 0.264 e. The number of aryl methyl sites for hydroxylation is 1. The van der Waals surface area contributed by atoms with Crippen molar-refractivity contribution in [2.75, 3.05) is 30.5 Å². The summed E-state index contributed by atoms with van der Waals surface area (Å²) in [5.74, 6) is 0. The van der Waals surface area contributed by atoms with Gasteiger partial charge in [-0.3, -0.25) is 4.31 Å². The summed E-state index contributed by atoms with van der Waals surface area (Å²) in [4.78, 5) is 1.58. The Bertz CT molecular complexity index is 1110. The van der Waals surface area contributed by atoms with E-state index >= 15 is 0 Å². The quantitative estimate of drug-likeness (QED) is 0.611. The average molecular weight is 426 g/mol. The molecule has 0 radical (unpaired) electrons. The number of anilines is 1. The monoisotopic (exact) mass is 425 g/mol. The van der Waals surface area contributed by atoms with Gasteiger partial charge in [-0.25, -0.2) is 8.42 Å². The number of rotatable bonds is 7. The summed E-state index contributed by atoms with van der Waals surface area (Å²) in [6, 6.07) is 20.3. The second-order valence-electron chi connectivity index (χ2n) is 8.20. The Kier molecular flexibility index (Phi) is 6.09. The highest BCUT2D eigenvalue weighted by molar-refractivity contribution is 7.92. The maximum atomic E-state index is 13.6. The predicted octanol–water partition coefficient (Wildman–Crippen LogP) is 2.38. The van der Waals surface area contributed by atoms with Crippen LogP contribution < -0.4 is 9.21 Å². The minimum atomic E-state index is -3.82. The molecule has 0 saturated carbocycles. The van der Waals surface area contributed by atoms with Crippen LogP contribution in [-0.4, -0.2) is 45.8 Å². The summed E-state index contributed by atoms with van der Waals surface area (Å²) in [6.07, 6.45) is 1.60. The molecule has 0 aliphatic carbocycles. The van der Waals surface area contributed by atoms with Crippen molar-refractivity contribution in [1.82, 2.24) is 0 Å². The molecule has 6 heteroatoms. The summed E-state index contributed by atoms with van der Waals surface area (Å²) >= 11 is 0. The van der Waals surface area contributed by atoms with Crippen molar-refractivity contribution in [3.05, 3.63) is 72.3 Å². The number of aliphatic hydroxyl groups excluding tert-OH is 1. The summed E-state index contributed by atoms with van der Waals surface area (Å²) in [6.45, 7) is 4.66. The zero-order chi connectivity index (χ0) is 21.1. The summed E-state index contributed by atoms with van der Waals surface area (Å²) < 4.78 is 28.6. The van der Waals surface area contributed by atoms with Gasteiger partial charge >= 0.3 is 0 Å². The second kappa shape index (κ2) is 8.76. The number of benzene rings is 3. The van der Waals surface area contributed by atoms with E-state index in [0.29, 0.717) is 12.2 Å². The van der Waals surface area contributed by atoms with Gasteiger partial charge in [-0.15, -0.1) is 0 Å². The van der Waals surface area contributed by atoms with Gasteiger partial charge in [0.25, 0.3) is 10.0 Å². The Morgan fingerprint density at radius 1 is 0.967 bits per heavy atom. The summed E-state index contributed by atoms with van der Waals surface area (Å²) in [7, 11) is -3.82. The van der Waals surface area contributed by atoms with Gasteiger partial charge in [-0.05, 0) is 42.0 Å². The molecule has 1 atom stereocenters. The molecule has 4 rings (SSSR count). The fourth-order valence-corrected chi connectivity index (χ4v) is 5.71. The summed E-state index contributed by atoms with van der Waals surface area (Å²) in [5.41, 5.74) is 1.63. The van der Waals surface area contributed by atoms with Crippen molar-refractivity contribution in [2.24, 2.45) is 0 Å². The van der Waals surface area contributed by atoms with Gasteiger partial charge in [0.2, 0.25) is 0 Å². The highest BCUT2D eigenvalue weighted by atomic mass is 32.2. The van der Waals surface area contributed by atoms with Crippen LogP contribution in [0.15, 0.2) is 71.6 Å². The van der Waals surface area contributed by atoms with Crippen LogP contribution in [0.5, 0.6) is 0 Å². The molecule has 3 aromatic carbocycles. The molecule has 0 spiro atoms. The third-order valence-corrected chi connectivity index (χ3v) is 7.63. The Morgan fingerprint density at radius 2 is 1.63 bits per heavy atom. The molecule has 1 saturated heterocycles. The Hall–Kier alpha value is -2.41. The van der Waals surface area contributed by atoms with Crippen molar-refractivity contribution in [3.8, 4) is 0 Å². The zero-order valence-electron chi connectivity index (χ0n) is 17.3. The van der Waals surface area contributed by atoms with E-state index in [1.807, 2.05) is 61.5 Å². The third-order valence-electron chi connectivity index (χ3n) is 5.84. The molecule has 2 N–H and O–H groups in total. The molecule has 3 aromatic rings. The predicted molar refractivity (Wildman–Crippen MR) is 120 cm³/mol. The van der Waals surface area contributed by atoms with Gasteiger partial charge in [0.05, 0.1) is 30.2 Å². The first-order chi connectivity index (χ1) is 14.4. The van der Waals surface area contributed by atoms with Crippen molar-refractivity contribution in [2.45, 2.75) is 30.8 Å². The Labute approximate surface area is 178 Å². The largest absolute Gasteiger partial charge is 0.385 e. The van der Waals surface area contributed by atoms with Gasteiger partial charge in [0.1, 0.15) is 12.6 Å². The lowest BCUT2D eigenvalue weighted by molar-refractivity contribution is -0.890. The average Bonchev–Trinajstić information content (AvgIpc) is 3.25. The van der Waals surface area contributed by atoms with Crippen LogP contribution >= 0.6 is 0 Å². The first-order valence-electron chi connectivity index (χ1n) is 10.5. The molecule has 0 unspecified atom stereocenters. The van der Waals surface area contributed by atoms with Crippen LogP contribution in [0.1, 0.15) is 18.4 Å². The topological polar surface area (TPSA) is 62.1 Å². The second-order valence-corrected chi connectivity index (χ2v) is 10.1. The van der Waals surface area contributed by atoms with E-state index < -0.39 is 16.1 Å². The maximum absolute atomic E-state index is 13.6. The molecule has 1 aliphatic heterocycles. The summed E-state index contributed by atoms with van der Waals surface area (Å²) in [5, 5.41) is 12.6. The first-order valence-corrected chi connectivity index (χ1v) is 12.0. The van der Waals surface area contributed by atoms with Crippen molar-refractivity contribution >= 4 is 26.5 Å². The van der Waals surface area contributed by atoms with E-state index in [2.05, 4.69) is 0 Å². The minimum absolute atomic E-state index is 0.0434. The standard InChI is InChI=1S/C24H28N2O3S/c1-19-8-11-22(12-9-19)26(18-23(27)17-25-14-4-5-15-25)30(28,29)24-13-10-20-6-2-3-7-21(20)16-24/h2-3,6-13,16,23,27H,4-5,14-15,17-18H2,1H3/p+1/t23-/m1/s1.